The number of hydrogen-bond acceptors (Lipinski definition) is 4. The fourth-order valence-electron chi connectivity index (χ4n) is 2.58. The van der Waals surface area contributed by atoms with Gasteiger partial charge in [-0.15, -0.1) is 6.58 Å². The third-order valence-corrected chi connectivity index (χ3v) is 3.86. The Morgan fingerprint density at radius 1 is 1.33 bits per heavy atom. The zero-order chi connectivity index (χ0) is 17.4. The van der Waals surface area contributed by atoms with Crippen molar-refractivity contribution < 1.29 is 19.4 Å². The van der Waals surface area contributed by atoms with E-state index in [9.17, 15) is 14.7 Å². The maximum atomic E-state index is 12.4. The van der Waals surface area contributed by atoms with Gasteiger partial charge in [-0.3, -0.25) is 9.69 Å². The highest BCUT2D eigenvalue weighted by Crippen LogP contribution is 2.09. The number of aliphatic hydroxyl groups excluding tert-OH is 1. The van der Waals surface area contributed by atoms with Crippen LogP contribution in [0.2, 0.25) is 0 Å². The first kappa shape index (κ1) is 18.0. The zero-order valence-corrected chi connectivity index (χ0v) is 13.8. The molecular formula is C18H24N2O4. The van der Waals surface area contributed by atoms with Gasteiger partial charge in [-0.2, -0.15) is 0 Å². The van der Waals surface area contributed by atoms with E-state index in [0.29, 0.717) is 19.4 Å². The lowest BCUT2D eigenvalue weighted by molar-refractivity contribution is -0.131. The Hall–Kier alpha value is -2.34. The van der Waals surface area contributed by atoms with Gasteiger partial charge in [0.15, 0.2) is 0 Å². The van der Waals surface area contributed by atoms with Crippen molar-refractivity contribution in [2.75, 3.05) is 32.8 Å². The summed E-state index contributed by atoms with van der Waals surface area (Å²) in [5.74, 6) is -0.178. The number of carbonyl (C=O) groups excluding carboxylic acids is 2. The Kier molecular flexibility index (Phi) is 6.81. The van der Waals surface area contributed by atoms with Gasteiger partial charge in [-0.1, -0.05) is 36.4 Å². The average molecular weight is 332 g/mol. The summed E-state index contributed by atoms with van der Waals surface area (Å²) in [7, 11) is 0. The molecule has 0 spiro atoms. The van der Waals surface area contributed by atoms with Crippen molar-refractivity contribution in [1.29, 1.82) is 0 Å². The summed E-state index contributed by atoms with van der Waals surface area (Å²) in [6, 6.07) is 9.86. The second-order valence-corrected chi connectivity index (χ2v) is 5.80. The third kappa shape index (κ3) is 5.38. The highest BCUT2D eigenvalue weighted by Gasteiger charge is 2.29. The molecule has 1 atom stereocenters. The van der Waals surface area contributed by atoms with Gasteiger partial charge >= 0.3 is 6.09 Å². The van der Waals surface area contributed by atoms with Gasteiger partial charge in [0.1, 0.15) is 6.54 Å². The topological polar surface area (TPSA) is 70.1 Å². The third-order valence-electron chi connectivity index (χ3n) is 3.86. The first-order chi connectivity index (χ1) is 11.6. The molecule has 1 heterocycles. The van der Waals surface area contributed by atoms with Crippen LogP contribution in [0.5, 0.6) is 0 Å². The van der Waals surface area contributed by atoms with Crippen LogP contribution < -0.4 is 0 Å². The number of hydrogen-bond donors (Lipinski definition) is 1. The summed E-state index contributed by atoms with van der Waals surface area (Å²) in [6.45, 7) is 4.55. The van der Waals surface area contributed by atoms with E-state index in [0.717, 1.165) is 5.56 Å². The minimum absolute atomic E-state index is 0.0707. The van der Waals surface area contributed by atoms with Crippen LogP contribution in [0.3, 0.4) is 0 Å². The standard InChI is InChI=1S/C18H24N2O4/c1-2-3-11-24-18(23)20-13-16(21)12-19(17(22)14-20)10-9-15-7-5-4-6-8-15/h2,4-8,16,21H,1,3,9-14H2. The molecule has 2 amide bonds. The molecule has 2 rings (SSSR count). The fourth-order valence-corrected chi connectivity index (χ4v) is 2.58. The molecule has 1 aliphatic heterocycles. The van der Waals surface area contributed by atoms with Gasteiger partial charge < -0.3 is 14.7 Å². The van der Waals surface area contributed by atoms with Crippen LogP contribution in [0.4, 0.5) is 4.79 Å². The molecule has 1 N–H and O–H groups in total. The Bertz CT molecular complexity index is 561. The second-order valence-electron chi connectivity index (χ2n) is 5.80. The normalized spacial score (nSPS) is 18.2. The van der Waals surface area contributed by atoms with E-state index >= 15 is 0 Å². The van der Waals surface area contributed by atoms with Crippen molar-refractivity contribution >= 4 is 12.0 Å². The summed E-state index contributed by atoms with van der Waals surface area (Å²) in [4.78, 5) is 27.2. The van der Waals surface area contributed by atoms with Crippen molar-refractivity contribution in [2.45, 2.75) is 18.9 Å². The highest BCUT2D eigenvalue weighted by molar-refractivity contribution is 5.83. The number of nitrogens with zero attached hydrogens (tertiary/aromatic N) is 2. The molecule has 0 aliphatic carbocycles. The van der Waals surface area contributed by atoms with Gasteiger partial charge in [-0.05, 0) is 18.4 Å². The van der Waals surface area contributed by atoms with Gasteiger partial charge in [0.25, 0.3) is 0 Å². The van der Waals surface area contributed by atoms with Gasteiger partial charge in [0, 0.05) is 13.1 Å². The molecule has 0 bridgehead atoms. The molecule has 6 heteroatoms. The summed E-state index contributed by atoms with van der Waals surface area (Å²) in [5.41, 5.74) is 1.13. The molecule has 1 saturated heterocycles. The minimum Gasteiger partial charge on any atom is -0.449 e. The van der Waals surface area contributed by atoms with Crippen molar-refractivity contribution in [2.24, 2.45) is 0 Å². The van der Waals surface area contributed by atoms with E-state index < -0.39 is 12.2 Å². The predicted octanol–water partition coefficient (Wildman–Crippen LogP) is 1.45. The monoisotopic (exact) mass is 332 g/mol. The zero-order valence-electron chi connectivity index (χ0n) is 13.8. The second kappa shape index (κ2) is 9.08. The minimum atomic E-state index is -0.779. The molecule has 0 radical (unpaired) electrons. The summed E-state index contributed by atoms with van der Waals surface area (Å²) in [5, 5.41) is 10.1. The highest BCUT2D eigenvalue weighted by atomic mass is 16.6. The number of aliphatic hydroxyl groups is 1. The Morgan fingerprint density at radius 3 is 2.79 bits per heavy atom. The molecular weight excluding hydrogens is 308 g/mol. The average Bonchev–Trinajstić information content (AvgIpc) is 2.72. The lowest BCUT2D eigenvalue weighted by Gasteiger charge is -2.21. The molecule has 1 aromatic carbocycles. The first-order valence-electron chi connectivity index (χ1n) is 8.12. The molecule has 1 unspecified atom stereocenters. The van der Waals surface area contributed by atoms with E-state index in [1.54, 1.807) is 11.0 Å². The molecule has 1 aromatic rings. The summed E-state index contributed by atoms with van der Waals surface area (Å²) in [6.07, 6.45) is 1.57. The van der Waals surface area contributed by atoms with Gasteiger partial charge in [0.05, 0.1) is 19.3 Å². The van der Waals surface area contributed by atoms with E-state index in [2.05, 4.69) is 6.58 Å². The Morgan fingerprint density at radius 2 is 2.08 bits per heavy atom. The molecule has 0 saturated carbocycles. The molecule has 24 heavy (non-hydrogen) atoms. The number of amides is 2. The van der Waals surface area contributed by atoms with Gasteiger partial charge in [0.2, 0.25) is 5.91 Å². The van der Waals surface area contributed by atoms with Crippen molar-refractivity contribution in [3.8, 4) is 0 Å². The van der Waals surface area contributed by atoms with Crippen molar-refractivity contribution in [1.82, 2.24) is 9.80 Å². The summed E-state index contributed by atoms with van der Waals surface area (Å²) >= 11 is 0. The van der Waals surface area contributed by atoms with Crippen LogP contribution in [-0.2, 0) is 16.0 Å². The van der Waals surface area contributed by atoms with Crippen LogP contribution in [0, 0.1) is 0 Å². The van der Waals surface area contributed by atoms with Crippen molar-refractivity contribution in [3.05, 3.63) is 48.6 Å². The number of benzene rings is 1. The lowest BCUT2D eigenvalue weighted by Crippen LogP contribution is -2.40. The number of ether oxygens (including phenoxy) is 1. The molecule has 1 fully saturated rings. The van der Waals surface area contributed by atoms with Crippen LogP contribution >= 0.6 is 0 Å². The maximum Gasteiger partial charge on any atom is 0.410 e. The molecule has 130 valence electrons. The van der Waals surface area contributed by atoms with Crippen molar-refractivity contribution in [3.63, 3.8) is 0 Å². The molecule has 1 aliphatic rings. The SMILES string of the molecule is C=CCCOC(=O)N1CC(=O)N(CCc2ccccc2)CC(O)C1. The number of β-amino-alcohol motifs (C(OH)–C–C–N with tert-alkyl or cyclic N) is 1. The Labute approximate surface area is 142 Å². The van der Waals surface area contributed by atoms with Crippen LogP contribution in [0.1, 0.15) is 12.0 Å². The smallest absolute Gasteiger partial charge is 0.410 e. The molecule has 6 nitrogen and oxygen atoms in total. The van der Waals surface area contributed by atoms with E-state index in [4.69, 9.17) is 4.74 Å². The maximum absolute atomic E-state index is 12.4. The lowest BCUT2D eigenvalue weighted by atomic mass is 10.1. The fraction of sp³-hybridized carbons (Fsp3) is 0.444. The van der Waals surface area contributed by atoms with Gasteiger partial charge in [-0.25, -0.2) is 4.79 Å². The quantitative estimate of drug-likeness (QED) is 0.632. The first-order valence-corrected chi connectivity index (χ1v) is 8.12. The summed E-state index contributed by atoms with van der Waals surface area (Å²) < 4.78 is 5.07. The van der Waals surface area contributed by atoms with E-state index in [1.165, 1.54) is 4.90 Å². The van der Waals surface area contributed by atoms with E-state index in [-0.39, 0.29) is 32.1 Å². The number of carbonyl (C=O) groups is 2. The van der Waals surface area contributed by atoms with E-state index in [1.807, 2.05) is 30.3 Å². The predicted molar refractivity (Wildman–Crippen MR) is 90.5 cm³/mol. The Balaban J connectivity index is 1.90. The van der Waals surface area contributed by atoms with Crippen LogP contribution in [0.25, 0.3) is 0 Å². The molecule has 0 aromatic heterocycles. The number of rotatable bonds is 6. The largest absolute Gasteiger partial charge is 0.449 e. The van der Waals surface area contributed by atoms with Crippen LogP contribution in [-0.4, -0.2) is 65.8 Å². The van der Waals surface area contributed by atoms with Crippen LogP contribution in [0.15, 0.2) is 43.0 Å².